The minimum atomic E-state index is -4.40. The normalized spacial score (nSPS) is 13.3. The van der Waals surface area contributed by atoms with Crippen molar-refractivity contribution in [1.29, 1.82) is 0 Å². The molecule has 0 amide bonds. The van der Waals surface area contributed by atoms with Crippen LogP contribution in [0.15, 0.2) is 48.6 Å². The molecule has 0 aromatic rings. The van der Waals surface area contributed by atoms with Crippen LogP contribution in [0.25, 0.3) is 0 Å². The Balaban J connectivity index is 3.73. The quantitative estimate of drug-likeness (QED) is 0.0264. The predicted octanol–water partition coefficient (Wildman–Crippen LogP) is 20.5. The van der Waals surface area contributed by atoms with E-state index in [1.807, 2.05) is 0 Å². The first-order chi connectivity index (χ1) is 36.8. The van der Waals surface area contributed by atoms with Crippen molar-refractivity contribution >= 4 is 19.8 Å². The Labute approximate surface area is 464 Å². The number of carbonyl (C=O) groups excluding carboxylic acids is 2. The lowest BCUT2D eigenvalue weighted by Crippen LogP contribution is -2.29. The van der Waals surface area contributed by atoms with Crippen LogP contribution in [0.5, 0.6) is 0 Å². The van der Waals surface area contributed by atoms with Crippen molar-refractivity contribution in [3.63, 3.8) is 0 Å². The highest BCUT2D eigenvalue weighted by molar-refractivity contribution is 7.47. The first-order valence-electron chi connectivity index (χ1n) is 32.1. The Morgan fingerprint density at radius 2 is 0.733 bits per heavy atom. The molecule has 3 N–H and O–H groups in total. The third-order valence-electron chi connectivity index (χ3n) is 14.2. The minimum Gasteiger partial charge on any atom is -0.462 e. The van der Waals surface area contributed by atoms with Gasteiger partial charge in [-0.25, -0.2) is 4.57 Å². The fourth-order valence-corrected chi connectivity index (χ4v) is 10.3. The van der Waals surface area contributed by atoms with Gasteiger partial charge in [-0.3, -0.25) is 18.6 Å². The molecule has 440 valence electrons. The van der Waals surface area contributed by atoms with Gasteiger partial charge in [0.25, 0.3) is 0 Å². The van der Waals surface area contributed by atoms with Crippen LogP contribution < -0.4 is 5.73 Å². The lowest BCUT2D eigenvalue weighted by atomic mass is 10.0. The fourth-order valence-electron chi connectivity index (χ4n) is 9.51. The van der Waals surface area contributed by atoms with E-state index in [2.05, 4.69) is 62.5 Å². The molecule has 0 rings (SSSR count). The Morgan fingerprint density at radius 1 is 0.413 bits per heavy atom. The molecular formula is C65H122NO8P. The van der Waals surface area contributed by atoms with Gasteiger partial charge in [0.2, 0.25) is 0 Å². The van der Waals surface area contributed by atoms with Crippen LogP contribution in [-0.4, -0.2) is 49.3 Å². The summed E-state index contributed by atoms with van der Waals surface area (Å²) < 4.78 is 32.9. The molecule has 0 spiro atoms. The third-order valence-corrected chi connectivity index (χ3v) is 15.2. The number of hydrogen-bond donors (Lipinski definition) is 2. The summed E-state index contributed by atoms with van der Waals surface area (Å²) in [4.78, 5) is 35.1. The van der Waals surface area contributed by atoms with Gasteiger partial charge in [0, 0.05) is 19.4 Å². The zero-order valence-corrected chi connectivity index (χ0v) is 50.2. The summed E-state index contributed by atoms with van der Waals surface area (Å²) in [7, 11) is -4.40. The highest BCUT2D eigenvalue weighted by Gasteiger charge is 2.26. The average molecular weight is 1080 g/mol. The molecule has 0 bridgehead atoms. The van der Waals surface area contributed by atoms with Crippen LogP contribution in [0.2, 0.25) is 0 Å². The molecule has 9 nitrogen and oxygen atoms in total. The summed E-state index contributed by atoms with van der Waals surface area (Å²) in [6, 6.07) is 0. The van der Waals surface area contributed by atoms with E-state index in [0.29, 0.717) is 6.42 Å². The second-order valence-electron chi connectivity index (χ2n) is 21.6. The molecule has 0 radical (unpaired) electrons. The van der Waals surface area contributed by atoms with Gasteiger partial charge in [-0.2, -0.15) is 0 Å². The molecule has 75 heavy (non-hydrogen) atoms. The SMILES string of the molecule is CC/C=C\C/C=C\C/C=C\C/C=C\CCCCC(=O)OC(COC(=O)CCCCCCCCCCCCCCCCCCCCCCCCCCCCCCCCCCCCCCCCC)COP(=O)(O)OCCN. The van der Waals surface area contributed by atoms with E-state index in [1.54, 1.807) is 0 Å². The first-order valence-corrected chi connectivity index (χ1v) is 33.6. The molecular weight excluding hydrogens is 954 g/mol. The Hall–Kier alpha value is -2.03. The maximum absolute atomic E-state index is 12.6. The Bertz CT molecular complexity index is 1370. The lowest BCUT2D eigenvalue weighted by molar-refractivity contribution is -0.161. The molecule has 0 aliphatic heterocycles. The molecule has 2 unspecified atom stereocenters. The van der Waals surface area contributed by atoms with Crippen LogP contribution >= 0.6 is 7.82 Å². The zero-order valence-electron chi connectivity index (χ0n) is 49.3. The number of rotatable bonds is 61. The summed E-state index contributed by atoms with van der Waals surface area (Å²) >= 11 is 0. The van der Waals surface area contributed by atoms with Gasteiger partial charge in [0.15, 0.2) is 6.10 Å². The van der Waals surface area contributed by atoms with Crippen LogP contribution in [0, 0.1) is 0 Å². The maximum Gasteiger partial charge on any atom is 0.472 e. The highest BCUT2D eigenvalue weighted by atomic mass is 31.2. The molecule has 0 fully saturated rings. The topological polar surface area (TPSA) is 134 Å². The van der Waals surface area contributed by atoms with Crippen molar-refractivity contribution in [3.05, 3.63) is 48.6 Å². The van der Waals surface area contributed by atoms with Crippen LogP contribution in [0.4, 0.5) is 0 Å². The molecule has 0 saturated heterocycles. The molecule has 0 saturated carbocycles. The molecule has 0 aliphatic carbocycles. The number of hydrogen-bond acceptors (Lipinski definition) is 8. The Kier molecular flexibility index (Phi) is 59.5. The van der Waals surface area contributed by atoms with Gasteiger partial charge in [-0.15, -0.1) is 0 Å². The van der Waals surface area contributed by atoms with Crippen molar-refractivity contribution in [1.82, 2.24) is 0 Å². The molecule has 2 atom stereocenters. The number of carbonyl (C=O) groups is 2. The van der Waals surface area contributed by atoms with Gasteiger partial charge in [0.1, 0.15) is 6.61 Å². The highest BCUT2D eigenvalue weighted by Crippen LogP contribution is 2.43. The van der Waals surface area contributed by atoms with Crippen molar-refractivity contribution in [3.8, 4) is 0 Å². The van der Waals surface area contributed by atoms with Crippen LogP contribution in [0.1, 0.15) is 322 Å². The molecule has 0 aromatic carbocycles. The number of ether oxygens (including phenoxy) is 2. The maximum atomic E-state index is 12.6. The summed E-state index contributed by atoms with van der Waals surface area (Å²) in [5.74, 6) is -0.866. The van der Waals surface area contributed by atoms with E-state index in [9.17, 15) is 19.0 Å². The molecule has 10 heteroatoms. The van der Waals surface area contributed by atoms with Crippen molar-refractivity contribution in [2.75, 3.05) is 26.4 Å². The van der Waals surface area contributed by atoms with Gasteiger partial charge >= 0.3 is 19.8 Å². The number of allylic oxidation sites excluding steroid dienone is 8. The predicted molar refractivity (Wildman–Crippen MR) is 321 cm³/mol. The second kappa shape index (κ2) is 61.2. The van der Waals surface area contributed by atoms with Gasteiger partial charge in [-0.05, 0) is 51.4 Å². The van der Waals surface area contributed by atoms with E-state index in [4.69, 9.17) is 24.3 Å². The summed E-state index contributed by atoms with van der Waals surface area (Å²) in [6.07, 6.45) is 76.7. The van der Waals surface area contributed by atoms with E-state index in [0.717, 1.165) is 57.8 Å². The van der Waals surface area contributed by atoms with E-state index in [1.165, 1.54) is 231 Å². The smallest absolute Gasteiger partial charge is 0.462 e. The summed E-state index contributed by atoms with van der Waals surface area (Å²) in [5, 5.41) is 0. The van der Waals surface area contributed by atoms with Crippen LogP contribution in [-0.2, 0) is 32.7 Å². The third kappa shape index (κ3) is 61.1. The number of phosphoric ester groups is 1. The van der Waals surface area contributed by atoms with Gasteiger partial charge < -0.3 is 20.1 Å². The first kappa shape index (κ1) is 73.0. The summed E-state index contributed by atoms with van der Waals surface area (Å²) in [5.41, 5.74) is 5.37. The lowest BCUT2D eigenvalue weighted by Gasteiger charge is -2.19. The number of phosphoric acid groups is 1. The zero-order chi connectivity index (χ0) is 54.5. The van der Waals surface area contributed by atoms with E-state index < -0.39 is 26.5 Å². The van der Waals surface area contributed by atoms with E-state index in [-0.39, 0.29) is 38.6 Å². The average Bonchev–Trinajstić information content (AvgIpc) is 3.40. The summed E-state index contributed by atoms with van der Waals surface area (Å²) in [6.45, 7) is 3.62. The minimum absolute atomic E-state index is 0.0463. The van der Waals surface area contributed by atoms with E-state index >= 15 is 0 Å². The molecule has 0 aliphatic rings. The van der Waals surface area contributed by atoms with Crippen molar-refractivity contribution in [2.24, 2.45) is 5.73 Å². The molecule has 0 heterocycles. The largest absolute Gasteiger partial charge is 0.472 e. The molecule has 0 aromatic heterocycles. The second-order valence-corrected chi connectivity index (χ2v) is 23.1. The number of esters is 2. The number of unbranched alkanes of at least 4 members (excludes halogenated alkanes) is 40. The van der Waals surface area contributed by atoms with Crippen molar-refractivity contribution < 1.29 is 37.6 Å². The Morgan fingerprint density at radius 3 is 1.09 bits per heavy atom. The standard InChI is InChI=1S/C65H122NO8P/c1-3-5-7-9-11-13-15-17-19-20-21-22-23-24-25-26-27-28-29-30-31-32-33-34-35-36-37-38-39-40-41-42-44-45-47-49-51-53-55-57-64(67)71-61-63(62-73-75(69,70)72-60-59-66)74-65(68)58-56-54-52-50-48-46-43-18-16-14-12-10-8-6-4-2/h6,8,12,14,18,43,48,50,63H,3-5,7,9-11,13,15-17,19-42,44-47,49,51-62,66H2,1-2H3,(H,69,70)/b8-6-,14-12-,43-18-,50-48-. The fraction of sp³-hybridized carbons (Fsp3) is 0.846. The number of nitrogens with two attached hydrogens (primary N) is 1. The van der Waals surface area contributed by atoms with Gasteiger partial charge in [-0.1, -0.05) is 306 Å². The van der Waals surface area contributed by atoms with Gasteiger partial charge in [0.05, 0.1) is 13.2 Å². The van der Waals surface area contributed by atoms with Crippen molar-refractivity contribution in [2.45, 2.75) is 328 Å². The van der Waals surface area contributed by atoms with Crippen LogP contribution in [0.3, 0.4) is 0 Å². The monoisotopic (exact) mass is 1080 g/mol.